The number of hydrogen-bond donors (Lipinski definition) is 3. The third-order valence-electron chi connectivity index (χ3n) is 3.13. The molecule has 0 saturated heterocycles. The molecule has 1 atom stereocenters. The minimum atomic E-state index is -0.803. The number of methoxy groups -OCH3 is 1. The lowest BCUT2D eigenvalue weighted by molar-refractivity contribution is 0.175. The monoisotopic (exact) mass is 338 g/mol. The van der Waals surface area contributed by atoms with E-state index in [0.29, 0.717) is 29.4 Å². The van der Waals surface area contributed by atoms with Crippen molar-refractivity contribution in [2.75, 3.05) is 25.6 Å². The molecule has 3 N–H and O–H groups in total. The summed E-state index contributed by atoms with van der Waals surface area (Å²) in [6, 6.07) is 6.39. The Kier molecular flexibility index (Phi) is 6.40. The van der Waals surface area contributed by atoms with Crippen LogP contribution in [0.15, 0.2) is 36.7 Å². The van der Waals surface area contributed by atoms with Crippen molar-refractivity contribution in [1.29, 1.82) is 0 Å². The van der Waals surface area contributed by atoms with Gasteiger partial charge in [-0.3, -0.25) is 4.68 Å². The summed E-state index contributed by atoms with van der Waals surface area (Å²) < 4.78 is 6.62. The lowest BCUT2D eigenvalue weighted by Gasteiger charge is -2.12. The minimum absolute atomic E-state index is 0.0886. The quantitative estimate of drug-likeness (QED) is 0.720. The van der Waals surface area contributed by atoms with Gasteiger partial charge in [-0.05, 0) is 17.7 Å². The average molecular weight is 339 g/mol. The summed E-state index contributed by atoms with van der Waals surface area (Å²) in [6.07, 6.45) is 2.45. The molecule has 1 unspecified atom stereocenters. The van der Waals surface area contributed by atoms with Gasteiger partial charge in [0.2, 0.25) is 0 Å². The highest BCUT2D eigenvalue weighted by atomic mass is 35.5. The van der Waals surface area contributed by atoms with Gasteiger partial charge in [0.05, 0.1) is 31.1 Å². The van der Waals surface area contributed by atoms with Crippen molar-refractivity contribution in [3.05, 3.63) is 47.2 Å². The van der Waals surface area contributed by atoms with Crippen LogP contribution in [0.3, 0.4) is 0 Å². The van der Waals surface area contributed by atoms with Gasteiger partial charge < -0.3 is 20.5 Å². The van der Waals surface area contributed by atoms with Gasteiger partial charge >= 0.3 is 6.03 Å². The van der Waals surface area contributed by atoms with Gasteiger partial charge in [-0.15, -0.1) is 0 Å². The van der Waals surface area contributed by atoms with Gasteiger partial charge in [0.25, 0.3) is 0 Å². The van der Waals surface area contributed by atoms with E-state index in [4.69, 9.17) is 16.3 Å². The van der Waals surface area contributed by atoms with Crippen LogP contribution >= 0.6 is 11.6 Å². The largest absolute Gasteiger partial charge is 0.387 e. The number of amides is 2. The fourth-order valence-corrected chi connectivity index (χ4v) is 2.03. The first-order chi connectivity index (χ1) is 11.1. The summed E-state index contributed by atoms with van der Waals surface area (Å²) >= 11 is 5.79. The molecule has 0 radical (unpaired) electrons. The Hall–Kier alpha value is -2.09. The molecule has 0 aliphatic carbocycles. The molecular formula is C15H19ClN4O3. The van der Waals surface area contributed by atoms with Crippen LogP contribution in [0.25, 0.3) is 0 Å². The Bertz CT molecular complexity index is 630. The fraction of sp³-hybridized carbons (Fsp3) is 0.333. The molecular weight excluding hydrogens is 320 g/mol. The molecule has 1 heterocycles. The molecule has 2 aromatic rings. The zero-order valence-corrected chi connectivity index (χ0v) is 13.5. The molecule has 124 valence electrons. The average Bonchev–Trinajstić information content (AvgIpc) is 2.98. The third kappa shape index (κ3) is 5.55. The van der Waals surface area contributed by atoms with E-state index < -0.39 is 12.1 Å². The van der Waals surface area contributed by atoms with Gasteiger partial charge in [-0.1, -0.05) is 23.7 Å². The number of hydrogen-bond acceptors (Lipinski definition) is 4. The predicted molar refractivity (Wildman–Crippen MR) is 87.5 cm³/mol. The van der Waals surface area contributed by atoms with Crippen molar-refractivity contribution in [3.8, 4) is 0 Å². The predicted octanol–water partition coefficient (Wildman–Crippen LogP) is 2.04. The van der Waals surface area contributed by atoms with Crippen molar-refractivity contribution in [2.24, 2.45) is 0 Å². The van der Waals surface area contributed by atoms with E-state index in [0.717, 1.165) is 0 Å². The molecule has 1 aromatic carbocycles. The summed E-state index contributed by atoms with van der Waals surface area (Å²) in [7, 11) is 1.61. The summed E-state index contributed by atoms with van der Waals surface area (Å²) in [4.78, 5) is 11.8. The van der Waals surface area contributed by atoms with Crippen LogP contribution in [0.2, 0.25) is 5.02 Å². The molecule has 1 aromatic heterocycles. The van der Waals surface area contributed by atoms with E-state index in [1.807, 2.05) is 0 Å². The number of benzene rings is 1. The van der Waals surface area contributed by atoms with E-state index in [1.54, 1.807) is 48.5 Å². The first-order valence-electron chi connectivity index (χ1n) is 7.08. The van der Waals surface area contributed by atoms with E-state index >= 15 is 0 Å². The number of anilines is 1. The standard InChI is InChI=1S/C15H19ClN4O3/c1-23-7-6-20-10-13(8-18-20)19-15(22)17-9-14(21)11-2-4-12(16)5-3-11/h2-5,8,10,14,21H,6-7,9H2,1H3,(H2,17,19,22). The Morgan fingerprint density at radius 3 is 2.87 bits per heavy atom. The van der Waals surface area contributed by atoms with Crippen molar-refractivity contribution in [2.45, 2.75) is 12.6 Å². The number of nitrogens with one attached hydrogen (secondary N) is 2. The maximum atomic E-state index is 11.8. The van der Waals surface area contributed by atoms with E-state index in [-0.39, 0.29) is 6.54 Å². The minimum Gasteiger partial charge on any atom is -0.387 e. The van der Waals surface area contributed by atoms with Crippen molar-refractivity contribution < 1.29 is 14.6 Å². The Labute approximate surface area is 139 Å². The highest BCUT2D eigenvalue weighted by Gasteiger charge is 2.10. The number of carbonyl (C=O) groups is 1. The molecule has 2 amide bonds. The van der Waals surface area contributed by atoms with Gasteiger partial charge in [0.15, 0.2) is 0 Å². The summed E-state index contributed by atoms with van der Waals surface area (Å²) in [5, 5.41) is 19.9. The van der Waals surface area contributed by atoms with Crippen LogP contribution in [-0.2, 0) is 11.3 Å². The molecule has 0 spiro atoms. The molecule has 23 heavy (non-hydrogen) atoms. The maximum Gasteiger partial charge on any atom is 0.319 e. The van der Waals surface area contributed by atoms with Crippen LogP contribution < -0.4 is 10.6 Å². The van der Waals surface area contributed by atoms with E-state index in [2.05, 4.69) is 15.7 Å². The van der Waals surface area contributed by atoms with Crippen LogP contribution in [0, 0.1) is 0 Å². The normalized spacial score (nSPS) is 12.0. The number of urea groups is 1. The van der Waals surface area contributed by atoms with Gasteiger partial charge in [-0.2, -0.15) is 5.10 Å². The highest BCUT2D eigenvalue weighted by molar-refractivity contribution is 6.30. The zero-order chi connectivity index (χ0) is 16.7. The lowest BCUT2D eigenvalue weighted by Crippen LogP contribution is -2.32. The van der Waals surface area contributed by atoms with Gasteiger partial charge in [0.1, 0.15) is 0 Å². The first kappa shape index (κ1) is 17.3. The fourth-order valence-electron chi connectivity index (χ4n) is 1.90. The van der Waals surface area contributed by atoms with Gasteiger partial charge in [-0.25, -0.2) is 4.79 Å². The Morgan fingerprint density at radius 1 is 1.43 bits per heavy atom. The molecule has 0 bridgehead atoms. The summed E-state index contributed by atoms with van der Waals surface area (Å²) in [5.41, 5.74) is 1.25. The molecule has 8 heteroatoms. The smallest absolute Gasteiger partial charge is 0.319 e. The van der Waals surface area contributed by atoms with Crippen LogP contribution in [0.5, 0.6) is 0 Å². The van der Waals surface area contributed by atoms with Gasteiger partial charge in [0, 0.05) is 24.9 Å². The van der Waals surface area contributed by atoms with Crippen molar-refractivity contribution in [3.63, 3.8) is 0 Å². The number of halogens is 1. The van der Waals surface area contributed by atoms with Crippen LogP contribution in [-0.4, -0.2) is 41.2 Å². The topological polar surface area (TPSA) is 88.4 Å². The molecule has 0 aliphatic rings. The van der Waals surface area contributed by atoms with Crippen LogP contribution in [0.4, 0.5) is 10.5 Å². The van der Waals surface area contributed by atoms with E-state index in [9.17, 15) is 9.90 Å². The number of nitrogens with zero attached hydrogens (tertiary/aromatic N) is 2. The number of aliphatic hydroxyl groups is 1. The second kappa shape index (κ2) is 8.52. The van der Waals surface area contributed by atoms with E-state index in [1.165, 1.54) is 0 Å². The Balaban J connectivity index is 1.78. The maximum absolute atomic E-state index is 11.8. The second-order valence-electron chi connectivity index (χ2n) is 4.89. The van der Waals surface area contributed by atoms with Crippen molar-refractivity contribution >= 4 is 23.3 Å². The molecule has 0 fully saturated rings. The number of ether oxygens (including phenoxy) is 1. The molecule has 2 rings (SSSR count). The summed E-state index contributed by atoms with van der Waals surface area (Å²) in [5.74, 6) is 0. The third-order valence-corrected chi connectivity index (χ3v) is 3.38. The second-order valence-corrected chi connectivity index (χ2v) is 5.32. The molecule has 7 nitrogen and oxygen atoms in total. The summed E-state index contributed by atoms with van der Waals surface area (Å²) in [6.45, 7) is 1.24. The lowest BCUT2D eigenvalue weighted by atomic mass is 10.1. The SMILES string of the molecule is COCCn1cc(NC(=O)NCC(O)c2ccc(Cl)cc2)cn1. The van der Waals surface area contributed by atoms with Crippen molar-refractivity contribution in [1.82, 2.24) is 15.1 Å². The highest BCUT2D eigenvalue weighted by Crippen LogP contribution is 2.15. The Morgan fingerprint density at radius 2 is 2.17 bits per heavy atom. The first-order valence-corrected chi connectivity index (χ1v) is 7.46. The molecule has 0 saturated carbocycles. The number of rotatable bonds is 7. The number of aliphatic hydroxyl groups excluding tert-OH is 1. The molecule has 0 aliphatic heterocycles. The number of aromatic nitrogens is 2. The zero-order valence-electron chi connectivity index (χ0n) is 12.7. The number of carbonyl (C=O) groups excluding carboxylic acids is 1. The van der Waals surface area contributed by atoms with Crippen LogP contribution in [0.1, 0.15) is 11.7 Å².